The monoisotopic (exact) mass is 296 g/mol. The number of fused-ring (bicyclic) bond motifs is 1. The van der Waals surface area contributed by atoms with Gasteiger partial charge in [0.1, 0.15) is 0 Å². The summed E-state index contributed by atoms with van der Waals surface area (Å²) in [7, 11) is 1.94. The molecule has 1 aliphatic heterocycles. The van der Waals surface area contributed by atoms with Crippen molar-refractivity contribution in [2.24, 2.45) is 0 Å². The average Bonchev–Trinajstić information content (AvgIpc) is 2.55. The minimum absolute atomic E-state index is 0.0105. The van der Waals surface area contributed by atoms with E-state index in [0.29, 0.717) is 12.8 Å². The lowest BCUT2D eigenvalue weighted by atomic mass is 10.0. The number of anilines is 1. The van der Waals surface area contributed by atoms with Crippen LogP contribution in [0.5, 0.6) is 0 Å². The maximum atomic E-state index is 12.7. The third-order valence-corrected chi connectivity index (χ3v) is 4.14. The smallest absolute Gasteiger partial charge is 0.256 e. The van der Waals surface area contributed by atoms with Gasteiger partial charge in [-0.15, -0.1) is 0 Å². The highest BCUT2D eigenvalue weighted by atomic mass is 16.3. The highest BCUT2D eigenvalue weighted by Gasteiger charge is 2.19. The highest BCUT2D eigenvalue weighted by molar-refractivity contribution is 5.57. The number of aliphatic hydroxyl groups excluding tert-OH is 1. The van der Waals surface area contributed by atoms with Gasteiger partial charge in [-0.3, -0.25) is 4.79 Å². The lowest BCUT2D eigenvalue weighted by Crippen LogP contribution is -2.32. The molecule has 1 aromatic heterocycles. The number of aliphatic hydroxyl groups is 1. The molecular formula is C18H20N2O2. The summed E-state index contributed by atoms with van der Waals surface area (Å²) >= 11 is 0. The minimum Gasteiger partial charge on any atom is -0.394 e. The summed E-state index contributed by atoms with van der Waals surface area (Å²) in [6.07, 6.45) is 7.03. The number of benzene rings is 1. The summed E-state index contributed by atoms with van der Waals surface area (Å²) in [4.78, 5) is 14.7. The van der Waals surface area contributed by atoms with E-state index in [1.165, 1.54) is 0 Å². The van der Waals surface area contributed by atoms with Crippen LogP contribution < -0.4 is 10.5 Å². The van der Waals surface area contributed by atoms with E-state index in [4.69, 9.17) is 0 Å². The van der Waals surface area contributed by atoms with Crippen molar-refractivity contribution in [3.05, 3.63) is 76.4 Å². The summed E-state index contributed by atoms with van der Waals surface area (Å²) in [5, 5.41) is 9.74. The normalized spacial score (nSPS) is 14.7. The molecule has 0 aliphatic carbocycles. The van der Waals surface area contributed by atoms with E-state index < -0.39 is 0 Å². The van der Waals surface area contributed by atoms with Crippen LogP contribution in [-0.2, 0) is 12.8 Å². The van der Waals surface area contributed by atoms with Gasteiger partial charge in [-0.05, 0) is 24.5 Å². The van der Waals surface area contributed by atoms with E-state index in [9.17, 15) is 9.90 Å². The third-order valence-electron chi connectivity index (χ3n) is 4.14. The number of aromatic nitrogens is 1. The van der Waals surface area contributed by atoms with Crippen LogP contribution in [0.1, 0.15) is 17.2 Å². The molecule has 1 aromatic carbocycles. The van der Waals surface area contributed by atoms with Crippen LogP contribution in [0.2, 0.25) is 0 Å². The Hall–Kier alpha value is -2.33. The Bertz CT molecular complexity index is 734. The number of allylic oxidation sites excluding steroid dienone is 1. The molecule has 3 rings (SSSR count). The lowest BCUT2D eigenvalue weighted by Gasteiger charge is -2.25. The van der Waals surface area contributed by atoms with Gasteiger partial charge in [-0.25, -0.2) is 0 Å². The van der Waals surface area contributed by atoms with Crippen molar-refractivity contribution in [2.45, 2.75) is 18.9 Å². The summed E-state index contributed by atoms with van der Waals surface area (Å²) < 4.78 is 1.67. The third kappa shape index (κ3) is 2.70. The first-order valence-corrected chi connectivity index (χ1v) is 7.49. The molecule has 0 spiro atoms. The molecule has 2 heterocycles. The molecule has 1 atom stereocenters. The molecule has 0 saturated carbocycles. The second-order valence-electron chi connectivity index (χ2n) is 5.62. The molecular weight excluding hydrogens is 276 g/mol. The van der Waals surface area contributed by atoms with Gasteiger partial charge >= 0.3 is 0 Å². The molecule has 114 valence electrons. The van der Waals surface area contributed by atoms with Crippen molar-refractivity contribution in [1.29, 1.82) is 0 Å². The topological polar surface area (TPSA) is 45.5 Å². The van der Waals surface area contributed by atoms with Crippen LogP contribution in [0.4, 0.5) is 5.69 Å². The van der Waals surface area contributed by atoms with Crippen LogP contribution in [0.3, 0.4) is 0 Å². The quantitative estimate of drug-likeness (QED) is 0.940. The minimum atomic E-state index is -0.239. The first-order chi connectivity index (χ1) is 10.7. The molecule has 0 saturated heterocycles. The first kappa shape index (κ1) is 14.6. The molecule has 0 fully saturated rings. The van der Waals surface area contributed by atoms with E-state index in [-0.39, 0.29) is 18.2 Å². The summed E-state index contributed by atoms with van der Waals surface area (Å²) in [5.41, 5.74) is 2.84. The number of nitrogens with zero attached hydrogens (tertiary/aromatic N) is 2. The second-order valence-corrected chi connectivity index (χ2v) is 5.62. The van der Waals surface area contributed by atoms with E-state index in [2.05, 4.69) is 0 Å². The van der Waals surface area contributed by atoms with Crippen LogP contribution in [0.25, 0.3) is 0 Å². The van der Waals surface area contributed by atoms with Crippen molar-refractivity contribution < 1.29 is 5.11 Å². The van der Waals surface area contributed by atoms with Crippen molar-refractivity contribution >= 4 is 5.69 Å². The summed E-state index contributed by atoms with van der Waals surface area (Å²) in [5.74, 6) is 0. The highest BCUT2D eigenvalue weighted by Crippen LogP contribution is 2.22. The number of hydrogen-bond donors (Lipinski definition) is 1. The molecule has 0 bridgehead atoms. The molecule has 1 N–H and O–H groups in total. The SMILES string of the molecule is CN1C=CCc2c1ccn(C(CO)Cc1ccccc1)c2=O. The number of pyridine rings is 1. The van der Waals surface area contributed by atoms with E-state index in [1.54, 1.807) is 10.8 Å². The summed E-state index contributed by atoms with van der Waals surface area (Å²) in [6, 6.07) is 11.7. The van der Waals surface area contributed by atoms with Gasteiger partial charge in [0.15, 0.2) is 0 Å². The average molecular weight is 296 g/mol. The number of rotatable bonds is 4. The van der Waals surface area contributed by atoms with Gasteiger partial charge in [-0.2, -0.15) is 0 Å². The van der Waals surface area contributed by atoms with Crippen molar-refractivity contribution in [3.63, 3.8) is 0 Å². The first-order valence-electron chi connectivity index (χ1n) is 7.49. The maximum Gasteiger partial charge on any atom is 0.256 e. The van der Waals surface area contributed by atoms with Crippen LogP contribution in [0.15, 0.2) is 59.7 Å². The Morgan fingerprint density at radius 3 is 2.73 bits per heavy atom. The van der Waals surface area contributed by atoms with Crippen molar-refractivity contribution in [2.75, 3.05) is 18.6 Å². The Labute approximate surface area is 129 Å². The predicted molar refractivity (Wildman–Crippen MR) is 88.2 cm³/mol. The Morgan fingerprint density at radius 1 is 1.23 bits per heavy atom. The molecule has 4 heteroatoms. The van der Waals surface area contributed by atoms with Crippen LogP contribution in [0, 0.1) is 0 Å². The molecule has 0 radical (unpaired) electrons. The van der Waals surface area contributed by atoms with Gasteiger partial charge in [0.05, 0.1) is 18.3 Å². The molecule has 2 aromatic rings. The second kappa shape index (κ2) is 6.20. The van der Waals surface area contributed by atoms with E-state index in [1.807, 2.05) is 60.6 Å². The Balaban J connectivity index is 1.95. The van der Waals surface area contributed by atoms with Crippen molar-refractivity contribution in [3.8, 4) is 0 Å². The van der Waals surface area contributed by atoms with Crippen LogP contribution in [-0.4, -0.2) is 23.3 Å². The Kier molecular flexibility index (Phi) is 4.11. The van der Waals surface area contributed by atoms with Gasteiger partial charge in [-0.1, -0.05) is 36.4 Å². The standard InChI is InChI=1S/C18H20N2O2/c1-19-10-5-8-16-17(19)9-11-20(18(16)22)15(13-21)12-14-6-3-2-4-7-14/h2-7,9-11,15,21H,8,12-13H2,1H3. The van der Waals surface area contributed by atoms with Gasteiger partial charge in [0, 0.05) is 25.0 Å². The fourth-order valence-electron chi connectivity index (χ4n) is 2.94. The van der Waals surface area contributed by atoms with Crippen molar-refractivity contribution in [1.82, 2.24) is 4.57 Å². The summed E-state index contributed by atoms with van der Waals surface area (Å²) in [6.45, 7) is -0.0563. The zero-order valence-corrected chi connectivity index (χ0v) is 12.6. The fourth-order valence-corrected chi connectivity index (χ4v) is 2.94. The number of hydrogen-bond acceptors (Lipinski definition) is 3. The largest absolute Gasteiger partial charge is 0.394 e. The predicted octanol–water partition coefficient (Wildman–Crippen LogP) is 2.13. The van der Waals surface area contributed by atoms with Crippen LogP contribution >= 0.6 is 0 Å². The maximum absolute atomic E-state index is 12.7. The molecule has 0 amide bonds. The molecule has 4 nitrogen and oxygen atoms in total. The zero-order chi connectivity index (χ0) is 15.5. The van der Waals surface area contributed by atoms with Gasteiger partial charge < -0.3 is 14.6 Å². The Morgan fingerprint density at radius 2 is 2.00 bits per heavy atom. The molecule has 22 heavy (non-hydrogen) atoms. The lowest BCUT2D eigenvalue weighted by molar-refractivity contribution is 0.224. The van der Waals surface area contributed by atoms with Gasteiger partial charge in [0.2, 0.25) is 0 Å². The van der Waals surface area contributed by atoms with E-state index in [0.717, 1.165) is 16.8 Å². The zero-order valence-electron chi connectivity index (χ0n) is 12.6. The van der Waals surface area contributed by atoms with Gasteiger partial charge in [0.25, 0.3) is 5.56 Å². The molecule has 1 unspecified atom stereocenters. The fraction of sp³-hybridized carbons (Fsp3) is 0.278. The van der Waals surface area contributed by atoms with E-state index >= 15 is 0 Å². The molecule has 1 aliphatic rings.